The highest BCUT2D eigenvalue weighted by Gasteiger charge is 2.28. The molecule has 8 heteroatoms. The zero-order valence-corrected chi connectivity index (χ0v) is 17.0. The topological polar surface area (TPSA) is 94.0 Å². The summed E-state index contributed by atoms with van der Waals surface area (Å²) in [7, 11) is 1.65. The number of benzene rings is 1. The van der Waals surface area contributed by atoms with E-state index in [0.29, 0.717) is 25.6 Å². The van der Waals surface area contributed by atoms with Gasteiger partial charge in [0.15, 0.2) is 0 Å². The number of rotatable bonds is 9. The maximum absolute atomic E-state index is 12.1. The first-order valence-electron chi connectivity index (χ1n) is 10.2. The third kappa shape index (κ3) is 5.14. The number of hydrogen-bond donors (Lipinski definition) is 2. The third-order valence-corrected chi connectivity index (χ3v) is 5.10. The molecular weight excluding hydrogens is 380 g/mol. The normalized spacial score (nSPS) is 13.1. The summed E-state index contributed by atoms with van der Waals surface area (Å²) in [4.78, 5) is 20.5. The molecular formula is C22H26N6O2. The fourth-order valence-corrected chi connectivity index (χ4v) is 3.32. The van der Waals surface area contributed by atoms with Gasteiger partial charge in [0.25, 0.3) is 0 Å². The predicted octanol–water partition coefficient (Wildman–Crippen LogP) is 2.77. The van der Waals surface area contributed by atoms with E-state index < -0.39 is 0 Å². The summed E-state index contributed by atoms with van der Waals surface area (Å²) in [5, 5.41) is 10.5. The van der Waals surface area contributed by atoms with E-state index >= 15 is 0 Å². The second-order valence-electron chi connectivity index (χ2n) is 7.32. The molecule has 1 fully saturated rings. The Morgan fingerprint density at radius 2 is 1.93 bits per heavy atom. The summed E-state index contributed by atoms with van der Waals surface area (Å²) < 4.78 is 7.14. The van der Waals surface area contributed by atoms with Crippen molar-refractivity contribution in [2.24, 2.45) is 0 Å². The maximum Gasteiger partial charge on any atom is 0.314 e. The molecule has 2 N–H and O–H groups in total. The predicted molar refractivity (Wildman–Crippen MR) is 113 cm³/mol. The Bertz CT molecular complexity index is 967. The summed E-state index contributed by atoms with van der Waals surface area (Å²) >= 11 is 0. The van der Waals surface area contributed by atoms with Gasteiger partial charge < -0.3 is 15.4 Å². The van der Waals surface area contributed by atoms with Crippen LogP contribution in [0.1, 0.15) is 30.0 Å². The van der Waals surface area contributed by atoms with Crippen LogP contribution in [-0.2, 0) is 13.0 Å². The lowest BCUT2D eigenvalue weighted by atomic mass is 10.1. The summed E-state index contributed by atoms with van der Waals surface area (Å²) in [6.45, 7) is 1.71. The molecule has 3 aromatic rings. The lowest BCUT2D eigenvalue weighted by Gasteiger charge is -2.10. The van der Waals surface area contributed by atoms with E-state index in [1.165, 1.54) is 18.5 Å². The molecule has 0 atom stereocenters. The molecule has 1 saturated carbocycles. The first kappa shape index (κ1) is 19.9. The van der Waals surface area contributed by atoms with Crippen molar-refractivity contribution in [2.75, 3.05) is 20.2 Å². The Morgan fingerprint density at radius 3 is 2.63 bits per heavy atom. The monoisotopic (exact) mass is 406 g/mol. The van der Waals surface area contributed by atoms with E-state index in [4.69, 9.17) is 4.74 Å². The van der Waals surface area contributed by atoms with Crippen LogP contribution >= 0.6 is 0 Å². The highest BCUT2D eigenvalue weighted by atomic mass is 16.5. The van der Waals surface area contributed by atoms with Gasteiger partial charge in [-0.2, -0.15) is 5.10 Å². The van der Waals surface area contributed by atoms with Crippen molar-refractivity contribution >= 4 is 6.03 Å². The van der Waals surface area contributed by atoms with Crippen LogP contribution in [0.15, 0.2) is 48.9 Å². The van der Waals surface area contributed by atoms with Crippen molar-refractivity contribution < 1.29 is 9.53 Å². The van der Waals surface area contributed by atoms with Gasteiger partial charge in [0.1, 0.15) is 17.1 Å². The van der Waals surface area contributed by atoms with Crippen molar-refractivity contribution in [2.45, 2.75) is 31.7 Å². The molecule has 2 amide bonds. The largest absolute Gasteiger partial charge is 0.497 e. The number of nitrogens with zero attached hydrogens (tertiary/aromatic N) is 4. The molecule has 2 heterocycles. The Labute approximate surface area is 175 Å². The van der Waals surface area contributed by atoms with E-state index in [1.54, 1.807) is 25.7 Å². The zero-order valence-electron chi connectivity index (χ0n) is 17.0. The summed E-state index contributed by atoms with van der Waals surface area (Å²) in [6.07, 6.45) is 8.18. The number of ether oxygens (including phenoxy) is 1. The van der Waals surface area contributed by atoms with Crippen molar-refractivity contribution in [1.29, 1.82) is 0 Å². The van der Waals surface area contributed by atoms with E-state index in [-0.39, 0.29) is 6.03 Å². The van der Waals surface area contributed by atoms with Crippen LogP contribution in [0.2, 0.25) is 0 Å². The van der Waals surface area contributed by atoms with Gasteiger partial charge in [0, 0.05) is 37.1 Å². The fourth-order valence-electron chi connectivity index (χ4n) is 3.32. The highest BCUT2D eigenvalue weighted by molar-refractivity contribution is 5.73. The fraction of sp³-hybridized carbons (Fsp3) is 0.364. The second kappa shape index (κ2) is 9.39. The lowest BCUT2D eigenvalue weighted by Crippen LogP contribution is -2.38. The molecule has 4 rings (SSSR count). The van der Waals surface area contributed by atoms with E-state index in [1.807, 2.05) is 28.9 Å². The number of carbonyl (C=O) groups is 1. The molecule has 0 aliphatic heterocycles. The van der Waals surface area contributed by atoms with Gasteiger partial charge in [-0.15, -0.1) is 0 Å². The quantitative estimate of drug-likeness (QED) is 0.570. The van der Waals surface area contributed by atoms with Crippen LogP contribution < -0.4 is 15.4 Å². The Kier molecular flexibility index (Phi) is 6.22. The molecule has 0 unspecified atom stereocenters. The van der Waals surface area contributed by atoms with Gasteiger partial charge in [0.05, 0.1) is 19.9 Å². The first-order valence-corrected chi connectivity index (χ1v) is 10.2. The standard InChI is InChI=1S/C22H26N6O2/c1-30-18-6-2-16(3-7-18)8-9-25-22(29)26-12-13-28-21(17-4-5-17)14-19(27-28)20-15-23-10-11-24-20/h2-3,6-7,10-11,14-15,17H,4-5,8-9,12-13H2,1H3,(H2,25,26,29). The Hall–Kier alpha value is -3.42. The van der Waals surface area contributed by atoms with Crippen molar-refractivity contribution in [3.8, 4) is 17.1 Å². The molecule has 2 aromatic heterocycles. The third-order valence-electron chi connectivity index (χ3n) is 5.10. The van der Waals surface area contributed by atoms with Gasteiger partial charge in [0.2, 0.25) is 0 Å². The van der Waals surface area contributed by atoms with Gasteiger partial charge >= 0.3 is 6.03 Å². The molecule has 1 aromatic carbocycles. The summed E-state index contributed by atoms with van der Waals surface area (Å²) in [6, 6.07) is 9.78. The van der Waals surface area contributed by atoms with Crippen LogP contribution in [0.4, 0.5) is 4.79 Å². The van der Waals surface area contributed by atoms with Gasteiger partial charge in [-0.1, -0.05) is 12.1 Å². The molecule has 0 radical (unpaired) electrons. The number of urea groups is 1. The minimum atomic E-state index is -0.169. The molecule has 8 nitrogen and oxygen atoms in total. The highest BCUT2D eigenvalue weighted by Crippen LogP contribution is 2.41. The maximum atomic E-state index is 12.1. The number of carbonyl (C=O) groups excluding carboxylic acids is 1. The molecule has 0 spiro atoms. The molecule has 0 bridgehead atoms. The van der Waals surface area contributed by atoms with E-state index in [2.05, 4.69) is 31.8 Å². The Balaban J connectivity index is 1.24. The number of hydrogen-bond acceptors (Lipinski definition) is 5. The Morgan fingerprint density at radius 1 is 1.13 bits per heavy atom. The van der Waals surface area contributed by atoms with Crippen LogP contribution in [0.25, 0.3) is 11.4 Å². The van der Waals surface area contributed by atoms with Crippen LogP contribution in [0.5, 0.6) is 5.75 Å². The minimum Gasteiger partial charge on any atom is -0.497 e. The number of aromatic nitrogens is 4. The minimum absolute atomic E-state index is 0.169. The second-order valence-corrected chi connectivity index (χ2v) is 7.32. The number of nitrogens with one attached hydrogen (secondary N) is 2. The molecule has 0 saturated heterocycles. The van der Waals surface area contributed by atoms with Crippen LogP contribution in [-0.4, -0.2) is 46.0 Å². The SMILES string of the molecule is COc1ccc(CCNC(=O)NCCn2nc(-c3cnccn3)cc2C2CC2)cc1. The van der Waals surface area contributed by atoms with E-state index in [9.17, 15) is 4.79 Å². The van der Waals surface area contributed by atoms with Crippen molar-refractivity contribution in [3.63, 3.8) is 0 Å². The van der Waals surface area contributed by atoms with Gasteiger partial charge in [-0.25, -0.2) is 4.79 Å². The zero-order chi connectivity index (χ0) is 20.8. The molecule has 1 aliphatic carbocycles. The van der Waals surface area contributed by atoms with E-state index in [0.717, 1.165) is 29.1 Å². The first-order chi connectivity index (χ1) is 14.7. The number of methoxy groups -OCH3 is 1. The lowest BCUT2D eigenvalue weighted by molar-refractivity contribution is 0.240. The molecule has 1 aliphatic rings. The van der Waals surface area contributed by atoms with Crippen molar-refractivity contribution in [3.05, 3.63) is 60.2 Å². The van der Waals surface area contributed by atoms with Gasteiger partial charge in [-0.3, -0.25) is 14.6 Å². The number of amides is 2. The molecule has 30 heavy (non-hydrogen) atoms. The smallest absolute Gasteiger partial charge is 0.314 e. The average Bonchev–Trinajstić information content (AvgIpc) is 3.54. The van der Waals surface area contributed by atoms with Crippen LogP contribution in [0.3, 0.4) is 0 Å². The van der Waals surface area contributed by atoms with Crippen molar-refractivity contribution in [1.82, 2.24) is 30.4 Å². The summed E-state index contributed by atoms with van der Waals surface area (Å²) in [5.41, 5.74) is 3.95. The van der Waals surface area contributed by atoms with Crippen LogP contribution in [0, 0.1) is 0 Å². The van der Waals surface area contributed by atoms with Gasteiger partial charge in [-0.05, 0) is 43.0 Å². The average molecular weight is 406 g/mol. The summed E-state index contributed by atoms with van der Waals surface area (Å²) in [5.74, 6) is 1.39. The molecule has 156 valence electrons.